The number of rotatable bonds is 6. The van der Waals surface area contributed by atoms with Gasteiger partial charge < -0.3 is 20.9 Å². The minimum Gasteiger partial charge on any atom is -0.508 e. The Balaban J connectivity index is 1.50. The van der Waals surface area contributed by atoms with Crippen LogP contribution in [0.1, 0.15) is 48.9 Å². The number of Topliss-reactive ketones (excluding diaryl/α,β-unsaturated/α-hetero) is 1. The van der Waals surface area contributed by atoms with Crippen molar-refractivity contribution in [3.05, 3.63) is 54.2 Å². The predicted octanol–water partition coefficient (Wildman–Crippen LogP) is 5.02. The van der Waals surface area contributed by atoms with E-state index in [1.807, 2.05) is 24.3 Å². The molecule has 7 heteroatoms. The van der Waals surface area contributed by atoms with Crippen molar-refractivity contribution in [2.45, 2.75) is 50.7 Å². The molecule has 0 bridgehead atoms. The molecule has 0 aliphatic heterocycles. The number of anilines is 1. The molecule has 1 amide bonds. The van der Waals surface area contributed by atoms with Crippen LogP contribution in [-0.2, 0) is 4.74 Å². The van der Waals surface area contributed by atoms with Crippen LogP contribution < -0.4 is 11.1 Å². The fraction of sp³-hybridized carbons (Fsp3) is 0.346. The molecule has 1 heterocycles. The second-order valence-corrected chi connectivity index (χ2v) is 9.02. The van der Waals surface area contributed by atoms with Crippen LogP contribution in [0, 0.1) is 5.92 Å². The van der Waals surface area contributed by atoms with E-state index in [1.54, 1.807) is 18.3 Å². The van der Waals surface area contributed by atoms with Gasteiger partial charge in [0.15, 0.2) is 5.78 Å². The van der Waals surface area contributed by atoms with Crippen LogP contribution in [0.3, 0.4) is 0 Å². The van der Waals surface area contributed by atoms with Gasteiger partial charge in [0.1, 0.15) is 11.9 Å². The van der Waals surface area contributed by atoms with E-state index in [9.17, 15) is 14.7 Å². The van der Waals surface area contributed by atoms with Crippen LogP contribution in [0.2, 0.25) is 0 Å². The summed E-state index contributed by atoms with van der Waals surface area (Å²) in [7, 11) is 0. The molecule has 2 aromatic carbocycles. The van der Waals surface area contributed by atoms with Gasteiger partial charge in [-0.3, -0.25) is 9.78 Å². The number of ketones is 1. The fourth-order valence-corrected chi connectivity index (χ4v) is 4.63. The van der Waals surface area contributed by atoms with Crippen LogP contribution in [0.25, 0.3) is 22.0 Å². The van der Waals surface area contributed by atoms with Gasteiger partial charge in [0.25, 0.3) is 0 Å². The summed E-state index contributed by atoms with van der Waals surface area (Å²) in [4.78, 5) is 28.8. The summed E-state index contributed by atoms with van der Waals surface area (Å²) in [6.07, 6.45) is 5.77. The number of aromatic nitrogens is 1. The lowest BCUT2D eigenvalue weighted by Gasteiger charge is -2.30. The standard InChI is InChI=1S/C26H27N3O4/c27-26(32)33-20-10-6-18(7-11-20)29-24-21-13-17(15-3-8-19(30)9-4-15)5-12-23(21)28-14-22(24)25(31)16-1-2-16/h3-5,8-9,12-14,16,18,20,30H,1-2,6-7,10-11H2,(H2,27,32)(H,28,29). The molecule has 0 spiro atoms. The Morgan fingerprint density at radius 2 is 1.67 bits per heavy atom. The molecule has 4 N–H and O–H groups in total. The van der Waals surface area contributed by atoms with Crippen LogP contribution >= 0.6 is 0 Å². The number of carbonyl (C=O) groups excluding carboxylic acids is 2. The first-order valence-corrected chi connectivity index (χ1v) is 11.5. The number of benzene rings is 2. The lowest BCUT2D eigenvalue weighted by molar-refractivity contribution is 0.0805. The Labute approximate surface area is 192 Å². The van der Waals surface area contributed by atoms with Crippen molar-refractivity contribution in [3.63, 3.8) is 0 Å². The SMILES string of the molecule is NC(=O)OC1CCC(Nc2c(C(=O)C3CC3)cnc3ccc(-c4ccc(O)cc4)cc23)CC1. The Kier molecular flexibility index (Phi) is 5.62. The third-order valence-electron chi connectivity index (χ3n) is 6.59. The van der Waals surface area contributed by atoms with Gasteiger partial charge in [-0.1, -0.05) is 18.2 Å². The van der Waals surface area contributed by atoms with Crippen molar-refractivity contribution in [2.75, 3.05) is 5.32 Å². The third-order valence-corrected chi connectivity index (χ3v) is 6.59. The zero-order chi connectivity index (χ0) is 22.9. The van der Waals surface area contributed by atoms with Gasteiger partial charge >= 0.3 is 6.09 Å². The summed E-state index contributed by atoms with van der Waals surface area (Å²) in [5.41, 5.74) is 9.42. The molecule has 7 nitrogen and oxygen atoms in total. The minimum atomic E-state index is -0.731. The number of hydrogen-bond acceptors (Lipinski definition) is 6. The van der Waals surface area contributed by atoms with Crippen LogP contribution in [0.15, 0.2) is 48.7 Å². The van der Waals surface area contributed by atoms with Crippen molar-refractivity contribution < 1.29 is 19.4 Å². The van der Waals surface area contributed by atoms with Gasteiger partial charge in [-0.15, -0.1) is 0 Å². The number of amides is 1. The van der Waals surface area contributed by atoms with Gasteiger partial charge in [-0.2, -0.15) is 0 Å². The molecule has 5 rings (SSSR count). The smallest absolute Gasteiger partial charge is 0.404 e. The van der Waals surface area contributed by atoms with Crippen LogP contribution in [0.5, 0.6) is 5.75 Å². The highest BCUT2D eigenvalue weighted by molar-refractivity contribution is 6.10. The predicted molar refractivity (Wildman–Crippen MR) is 126 cm³/mol. The molecule has 0 unspecified atom stereocenters. The van der Waals surface area contributed by atoms with Crippen molar-refractivity contribution in [1.82, 2.24) is 4.98 Å². The molecule has 2 saturated carbocycles. The van der Waals surface area contributed by atoms with E-state index in [1.165, 1.54) is 0 Å². The second kappa shape index (κ2) is 8.73. The third kappa shape index (κ3) is 4.62. The van der Waals surface area contributed by atoms with Gasteiger partial charge in [-0.25, -0.2) is 4.79 Å². The Hall–Kier alpha value is -3.61. The van der Waals surface area contributed by atoms with E-state index in [4.69, 9.17) is 10.5 Å². The Morgan fingerprint density at radius 3 is 2.33 bits per heavy atom. The van der Waals surface area contributed by atoms with Crippen LogP contribution in [0.4, 0.5) is 10.5 Å². The zero-order valence-electron chi connectivity index (χ0n) is 18.3. The van der Waals surface area contributed by atoms with E-state index in [-0.39, 0.29) is 29.6 Å². The lowest BCUT2D eigenvalue weighted by Crippen LogP contribution is -2.32. The number of nitrogens with zero attached hydrogens (tertiary/aromatic N) is 1. The van der Waals surface area contributed by atoms with Gasteiger partial charge in [0, 0.05) is 23.5 Å². The second-order valence-electron chi connectivity index (χ2n) is 9.02. The van der Waals surface area contributed by atoms with Crippen molar-refractivity contribution in [1.29, 1.82) is 0 Å². The summed E-state index contributed by atoms with van der Waals surface area (Å²) in [6, 6.07) is 13.3. The first kappa shape index (κ1) is 21.2. The normalized spacial score (nSPS) is 20.4. The molecule has 3 aromatic rings. The number of phenolic OH excluding ortho intramolecular Hbond substituents is 1. The van der Waals surface area contributed by atoms with Gasteiger partial charge in [0.2, 0.25) is 0 Å². The monoisotopic (exact) mass is 445 g/mol. The number of aromatic hydroxyl groups is 1. The van der Waals surface area contributed by atoms with Crippen LogP contribution in [-0.4, -0.2) is 34.1 Å². The molecule has 2 aliphatic carbocycles. The lowest BCUT2D eigenvalue weighted by atomic mass is 9.91. The zero-order valence-corrected chi connectivity index (χ0v) is 18.3. The number of primary amides is 1. The first-order chi connectivity index (χ1) is 16.0. The summed E-state index contributed by atoms with van der Waals surface area (Å²) in [5, 5.41) is 14.2. The molecular formula is C26H27N3O4. The van der Waals surface area contributed by atoms with E-state index < -0.39 is 6.09 Å². The van der Waals surface area contributed by atoms with E-state index in [0.29, 0.717) is 5.56 Å². The molecule has 0 radical (unpaired) electrons. The summed E-state index contributed by atoms with van der Waals surface area (Å²) in [5.74, 6) is 0.453. The summed E-state index contributed by atoms with van der Waals surface area (Å²) in [6.45, 7) is 0. The average Bonchev–Trinajstić information content (AvgIpc) is 3.66. The molecule has 2 aliphatic rings. The molecule has 1 aromatic heterocycles. The minimum absolute atomic E-state index is 0.0878. The average molecular weight is 446 g/mol. The highest BCUT2D eigenvalue weighted by atomic mass is 16.6. The Bertz CT molecular complexity index is 1200. The fourth-order valence-electron chi connectivity index (χ4n) is 4.63. The molecule has 0 saturated heterocycles. The number of pyridine rings is 1. The molecule has 0 atom stereocenters. The topological polar surface area (TPSA) is 115 Å². The quantitative estimate of drug-likeness (QED) is 0.459. The number of nitrogens with two attached hydrogens (primary N) is 1. The number of ether oxygens (including phenoxy) is 1. The number of nitrogens with one attached hydrogen (secondary N) is 1. The van der Waals surface area contributed by atoms with E-state index >= 15 is 0 Å². The molecule has 2 fully saturated rings. The van der Waals surface area contributed by atoms with Crippen molar-refractivity contribution in [2.24, 2.45) is 11.7 Å². The maximum atomic E-state index is 13.1. The number of carbonyl (C=O) groups is 2. The van der Waals surface area contributed by atoms with Crippen molar-refractivity contribution in [3.8, 4) is 16.9 Å². The molecule has 33 heavy (non-hydrogen) atoms. The molecular weight excluding hydrogens is 418 g/mol. The highest BCUT2D eigenvalue weighted by Gasteiger charge is 2.33. The maximum absolute atomic E-state index is 13.1. The summed E-state index contributed by atoms with van der Waals surface area (Å²) >= 11 is 0. The van der Waals surface area contributed by atoms with E-state index in [0.717, 1.165) is 66.2 Å². The Morgan fingerprint density at radius 1 is 0.970 bits per heavy atom. The number of phenols is 1. The highest BCUT2D eigenvalue weighted by Crippen LogP contribution is 2.38. The largest absolute Gasteiger partial charge is 0.508 e. The van der Waals surface area contributed by atoms with Crippen molar-refractivity contribution >= 4 is 28.5 Å². The first-order valence-electron chi connectivity index (χ1n) is 11.5. The van der Waals surface area contributed by atoms with Gasteiger partial charge in [-0.05, 0) is 73.9 Å². The van der Waals surface area contributed by atoms with E-state index in [2.05, 4.69) is 16.4 Å². The maximum Gasteiger partial charge on any atom is 0.404 e. The summed E-state index contributed by atoms with van der Waals surface area (Å²) < 4.78 is 5.16. The number of hydrogen-bond donors (Lipinski definition) is 3. The van der Waals surface area contributed by atoms with Gasteiger partial charge in [0.05, 0.1) is 16.8 Å². The molecule has 170 valence electrons. The number of fused-ring (bicyclic) bond motifs is 1.